The molecule has 0 radical (unpaired) electrons. The number of carbonyl (C=O) groups excluding carboxylic acids is 1. The van der Waals surface area contributed by atoms with Crippen LogP contribution >= 0.6 is 12.2 Å². The number of thiocarbonyl (C=S) groups is 1. The highest BCUT2D eigenvalue weighted by molar-refractivity contribution is 7.80. The molecule has 1 heterocycles. The first-order valence-electron chi connectivity index (χ1n) is 8.15. The Labute approximate surface area is 148 Å². The fraction of sp³-hybridized carbons (Fsp3) is 0.529. The van der Waals surface area contributed by atoms with E-state index in [4.69, 9.17) is 21.7 Å². The second kappa shape index (κ2) is 8.84. The highest BCUT2D eigenvalue weighted by Crippen LogP contribution is 2.21. The molecule has 24 heavy (non-hydrogen) atoms. The minimum Gasteiger partial charge on any atom is -0.481 e. The molecule has 0 bridgehead atoms. The molecule has 2 rings (SSSR count). The molecule has 1 fully saturated rings. The zero-order chi connectivity index (χ0) is 17.5. The molecule has 0 aliphatic carbocycles. The number of benzene rings is 1. The molecular formula is C17H25N3O3S. The Kier molecular flexibility index (Phi) is 6.81. The maximum Gasteiger partial charge on any atom is 0.279 e. The van der Waals surface area contributed by atoms with E-state index >= 15 is 0 Å². The monoisotopic (exact) mass is 351 g/mol. The highest BCUT2D eigenvalue weighted by Gasteiger charge is 2.17. The van der Waals surface area contributed by atoms with Crippen molar-refractivity contribution in [3.8, 4) is 5.75 Å². The van der Waals surface area contributed by atoms with Crippen molar-refractivity contribution < 1.29 is 14.3 Å². The molecule has 0 spiro atoms. The standard InChI is InChI=1S/C17H25N3O3S/c1-11-6-4-8-15(12(11)2)23-13(3)16(21)19-20-17(24)18-10-14-7-5-9-22-14/h4,6,8,13-14H,5,7,9-10H2,1-3H3,(H,19,21)(H2,18,20,24)/t13-,14-/m1/s1. The Hall–Kier alpha value is -1.86. The highest BCUT2D eigenvalue weighted by atomic mass is 32.1. The molecule has 0 aromatic heterocycles. The number of amides is 1. The van der Waals surface area contributed by atoms with E-state index in [2.05, 4.69) is 16.2 Å². The summed E-state index contributed by atoms with van der Waals surface area (Å²) in [4.78, 5) is 12.1. The molecule has 2 atom stereocenters. The first-order chi connectivity index (χ1) is 11.5. The molecule has 7 heteroatoms. The topological polar surface area (TPSA) is 71.6 Å². The molecular weight excluding hydrogens is 326 g/mol. The van der Waals surface area contributed by atoms with Gasteiger partial charge in [0.15, 0.2) is 11.2 Å². The fourth-order valence-electron chi connectivity index (χ4n) is 2.37. The van der Waals surface area contributed by atoms with Crippen LogP contribution in [0.3, 0.4) is 0 Å². The number of hydrazine groups is 1. The first-order valence-corrected chi connectivity index (χ1v) is 8.56. The van der Waals surface area contributed by atoms with Crippen LogP contribution < -0.4 is 20.9 Å². The minimum atomic E-state index is -0.640. The molecule has 1 aliphatic heterocycles. The van der Waals surface area contributed by atoms with Gasteiger partial charge < -0.3 is 14.8 Å². The summed E-state index contributed by atoms with van der Waals surface area (Å²) < 4.78 is 11.2. The van der Waals surface area contributed by atoms with Crippen molar-refractivity contribution in [2.24, 2.45) is 0 Å². The van der Waals surface area contributed by atoms with Crippen molar-refractivity contribution in [3.63, 3.8) is 0 Å². The van der Waals surface area contributed by atoms with Crippen LogP contribution in [0.5, 0.6) is 5.75 Å². The Bertz CT molecular complexity index is 588. The van der Waals surface area contributed by atoms with Gasteiger partial charge in [-0.25, -0.2) is 0 Å². The Morgan fingerprint density at radius 2 is 2.21 bits per heavy atom. The van der Waals surface area contributed by atoms with Gasteiger partial charge in [0, 0.05) is 13.2 Å². The van der Waals surface area contributed by atoms with E-state index in [0.717, 1.165) is 30.6 Å². The number of carbonyl (C=O) groups is 1. The summed E-state index contributed by atoms with van der Waals surface area (Å²) in [7, 11) is 0. The van der Waals surface area contributed by atoms with E-state index in [1.807, 2.05) is 32.0 Å². The lowest BCUT2D eigenvalue weighted by atomic mass is 10.1. The van der Waals surface area contributed by atoms with Gasteiger partial charge in [0.05, 0.1) is 6.10 Å². The zero-order valence-corrected chi connectivity index (χ0v) is 15.2. The molecule has 1 aliphatic rings. The zero-order valence-electron chi connectivity index (χ0n) is 14.3. The quantitative estimate of drug-likeness (QED) is 0.554. The van der Waals surface area contributed by atoms with Crippen molar-refractivity contribution in [2.45, 2.75) is 45.8 Å². The summed E-state index contributed by atoms with van der Waals surface area (Å²) in [5.74, 6) is 0.411. The van der Waals surface area contributed by atoms with Gasteiger partial charge in [0.25, 0.3) is 5.91 Å². The Morgan fingerprint density at radius 3 is 2.92 bits per heavy atom. The maximum atomic E-state index is 12.1. The van der Waals surface area contributed by atoms with Crippen LogP contribution in [0.15, 0.2) is 18.2 Å². The summed E-state index contributed by atoms with van der Waals surface area (Å²) in [5, 5.41) is 3.38. The summed E-state index contributed by atoms with van der Waals surface area (Å²) in [6.45, 7) is 7.11. The van der Waals surface area contributed by atoms with E-state index in [-0.39, 0.29) is 12.0 Å². The van der Waals surface area contributed by atoms with Crippen molar-refractivity contribution in [1.82, 2.24) is 16.2 Å². The number of hydrogen-bond donors (Lipinski definition) is 3. The first kappa shape index (κ1) is 18.5. The van der Waals surface area contributed by atoms with Crippen molar-refractivity contribution >= 4 is 23.2 Å². The Morgan fingerprint density at radius 1 is 1.42 bits per heavy atom. The van der Waals surface area contributed by atoms with Crippen LogP contribution in [0.2, 0.25) is 0 Å². The van der Waals surface area contributed by atoms with Crippen LogP contribution in [-0.4, -0.2) is 36.4 Å². The molecule has 1 aromatic rings. The third-order valence-corrected chi connectivity index (χ3v) is 4.29. The summed E-state index contributed by atoms with van der Waals surface area (Å²) in [6, 6.07) is 5.77. The van der Waals surface area contributed by atoms with Gasteiger partial charge >= 0.3 is 0 Å². The predicted octanol–water partition coefficient (Wildman–Crippen LogP) is 1.75. The maximum absolute atomic E-state index is 12.1. The third-order valence-electron chi connectivity index (χ3n) is 4.04. The van der Waals surface area contributed by atoms with E-state index in [0.29, 0.717) is 17.4 Å². The number of aryl methyl sites for hydroxylation is 1. The van der Waals surface area contributed by atoms with Crippen LogP contribution in [0.25, 0.3) is 0 Å². The average Bonchev–Trinajstić information content (AvgIpc) is 3.08. The summed E-state index contributed by atoms with van der Waals surface area (Å²) in [5.41, 5.74) is 7.39. The summed E-state index contributed by atoms with van der Waals surface area (Å²) in [6.07, 6.45) is 1.66. The number of nitrogens with one attached hydrogen (secondary N) is 3. The SMILES string of the molecule is Cc1cccc(O[C@H](C)C(=O)NNC(=S)NC[C@H]2CCCO2)c1C. The van der Waals surface area contributed by atoms with Gasteiger partial charge in [-0.05, 0) is 63.0 Å². The normalized spacial score (nSPS) is 17.9. The van der Waals surface area contributed by atoms with E-state index in [1.165, 1.54) is 0 Å². The van der Waals surface area contributed by atoms with Crippen molar-refractivity contribution in [1.29, 1.82) is 0 Å². The van der Waals surface area contributed by atoms with Crippen LogP contribution in [0, 0.1) is 13.8 Å². The van der Waals surface area contributed by atoms with E-state index < -0.39 is 6.10 Å². The molecule has 0 saturated carbocycles. The van der Waals surface area contributed by atoms with Gasteiger partial charge in [0.2, 0.25) is 0 Å². The predicted molar refractivity (Wildman–Crippen MR) is 96.9 cm³/mol. The molecule has 132 valence electrons. The van der Waals surface area contributed by atoms with Crippen molar-refractivity contribution in [3.05, 3.63) is 29.3 Å². The fourth-order valence-corrected chi connectivity index (χ4v) is 2.51. The molecule has 3 N–H and O–H groups in total. The largest absolute Gasteiger partial charge is 0.481 e. The number of hydrogen-bond acceptors (Lipinski definition) is 4. The smallest absolute Gasteiger partial charge is 0.279 e. The second-order valence-electron chi connectivity index (χ2n) is 5.92. The van der Waals surface area contributed by atoms with E-state index in [9.17, 15) is 4.79 Å². The van der Waals surface area contributed by atoms with Crippen LogP contribution in [0.4, 0.5) is 0 Å². The van der Waals surface area contributed by atoms with Gasteiger partial charge in [-0.15, -0.1) is 0 Å². The Balaban J connectivity index is 1.72. The summed E-state index contributed by atoms with van der Waals surface area (Å²) >= 11 is 5.13. The molecule has 1 aromatic carbocycles. The second-order valence-corrected chi connectivity index (χ2v) is 6.33. The van der Waals surface area contributed by atoms with Crippen LogP contribution in [-0.2, 0) is 9.53 Å². The van der Waals surface area contributed by atoms with Gasteiger partial charge in [-0.2, -0.15) is 0 Å². The average molecular weight is 351 g/mol. The number of rotatable bonds is 5. The molecule has 1 saturated heterocycles. The molecule has 0 unspecified atom stereocenters. The lowest BCUT2D eigenvalue weighted by Crippen LogP contribution is -2.51. The lowest BCUT2D eigenvalue weighted by Gasteiger charge is -2.18. The van der Waals surface area contributed by atoms with E-state index in [1.54, 1.807) is 6.92 Å². The van der Waals surface area contributed by atoms with Crippen LogP contribution in [0.1, 0.15) is 30.9 Å². The minimum absolute atomic E-state index is 0.187. The van der Waals surface area contributed by atoms with Gasteiger partial charge in [-0.1, -0.05) is 12.1 Å². The molecule has 6 nitrogen and oxygen atoms in total. The lowest BCUT2D eigenvalue weighted by molar-refractivity contribution is -0.127. The van der Waals surface area contributed by atoms with Gasteiger partial charge in [-0.3, -0.25) is 15.6 Å². The molecule has 1 amide bonds. The number of ether oxygens (including phenoxy) is 2. The third kappa shape index (κ3) is 5.35. The van der Waals surface area contributed by atoms with Crippen molar-refractivity contribution in [2.75, 3.05) is 13.2 Å². The van der Waals surface area contributed by atoms with Gasteiger partial charge in [0.1, 0.15) is 5.75 Å².